The van der Waals surface area contributed by atoms with Gasteiger partial charge in [-0.15, -0.1) is 0 Å². The Morgan fingerprint density at radius 2 is 1.73 bits per heavy atom. The van der Waals surface area contributed by atoms with E-state index < -0.39 is 0 Å². The maximum absolute atomic E-state index is 5.96. The lowest BCUT2D eigenvalue weighted by Gasteiger charge is -2.39. The van der Waals surface area contributed by atoms with Gasteiger partial charge in [0.2, 0.25) is 0 Å². The largest absolute Gasteiger partial charge is 0.328 e. The van der Waals surface area contributed by atoms with Crippen molar-refractivity contribution in [3.8, 4) is 0 Å². The first kappa shape index (κ1) is 11.4. The smallest absolute Gasteiger partial charge is 0.00964 e. The van der Waals surface area contributed by atoms with Gasteiger partial charge in [0.05, 0.1) is 0 Å². The average Bonchev–Trinajstić information content (AvgIpc) is 2.19. The minimum atomic E-state index is 0.489. The summed E-state index contributed by atoms with van der Waals surface area (Å²) in [5.74, 6) is 1.01. The van der Waals surface area contributed by atoms with Crippen LogP contribution in [0.1, 0.15) is 51.9 Å². The van der Waals surface area contributed by atoms with Gasteiger partial charge in [0.15, 0.2) is 0 Å². The van der Waals surface area contributed by atoms with Crippen LogP contribution >= 0.6 is 0 Å². The normalized spacial score (nSPS) is 33.0. The third-order valence-corrected chi connectivity index (χ3v) is 4.38. The van der Waals surface area contributed by atoms with Crippen molar-refractivity contribution in [2.24, 2.45) is 11.7 Å². The molecule has 0 aromatic carbocycles. The Kier molecular flexibility index (Phi) is 4.04. The fraction of sp³-hybridized carbons (Fsp3) is 1.00. The average molecular weight is 210 g/mol. The van der Waals surface area contributed by atoms with Crippen LogP contribution in [0.25, 0.3) is 0 Å². The Morgan fingerprint density at radius 1 is 1.07 bits per heavy atom. The molecule has 2 aliphatic carbocycles. The molecule has 2 fully saturated rings. The number of nitrogens with two attached hydrogens (primary N) is 1. The highest BCUT2D eigenvalue weighted by Gasteiger charge is 2.27. The second-order valence-electron chi connectivity index (χ2n) is 5.45. The predicted molar refractivity (Wildman–Crippen MR) is 64.8 cm³/mol. The van der Waals surface area contributed by atoms with Crippen molar-refractivity contribution in [3.05, 3.63) is 0 Å². The Hall–Kier alpha value is -0.0800. The molecule has 0 aliphatic heterocycles. The Balaban J connectivity index is 1.77. The predicted octanol–water partition coefficient (Wildman–Crippen LogP) is 2.38. The Labute approximate surface area is 94.2 Å². The third-order valence-electron chi connectivity index (χ3n) is 4.38. The van der Waals surface area contributed by atoms with E-state index in [4.69, 9.17) is 5.73 Å². The first-order valence-electron chi connectivity index (χ1n) is 6.79. The maximum Gasteiger partial charge on any atom is 0.00964 e. The van der Waals surface area contributed by atoms with Gasteiger partial charge in [-0.05, 0) is 51.0 Å². The van der Waals surface area contributed by atoms with E-state index in [0.717, 1.165) is 12.0 Å². The molecule has 0 atom stereocenters. The minimum Gasteiger partial charge on any atom is -0.328 e. The molecule has 0 heterocycles. The van der Waals surface area contributed by atoms with Crippen molar-refractivity contribution in [2.75, 3.05) is 13.1 Å². The first-order valence-corrected chi connectivity index (χ1v) is 6.79. The Bertz CT molecular complexity index is 181. The lowest BCUT2D eigenvalue weighted by molar-refractivity contribution is 0.110. The van der Waals surface area contributed by atoms with E-state index in [1.807, 2.05) is 0 Å². The monoisotopic (exact) mass is 210 g/mol. The summed E-state index contributed by atoms with van der Waals surface area (Å²) in [6.45, 7) is 4.90. The number of hydrogen-bond donors (Lipinski definition) is 1. The summed E-state index contributed by atoms with van der Waals surface area (Å²) in [6, 6.07) is 1.33. The molecule has 15 heavy (non-hydrogen) atoms. The van der Waals surface area contributed by atoms with Crippen LogP contribution in [0.3, 0.4) is 0 Å². The van der Waals surface area contributed by atoms with E-state index in [2.05, 4.69) is 11.8 Å². The van der Waals surface area contributed by atoms with Crippen molar-refractivity contribution in [3.63, 3.8) is 0 Å². The number of nitrogens with zero attached hydrogens (tertiary/aromatic N) is 1. The van der Waals surface area contributed by atoms with Gasteiger partial charge in [0.1, 0.15) is 0 Å². The van der Waals surface area contributed by atoms with E-state index in [-0.39, 0.29) is 0 Å². The molecule has 0 radical (unpaired) electrons. The zero-order valence-corrected chi connectivity index (χ0v) is 10.1. The van der Waals surface area contributed by atoms with E-state index >= 15 is 0 Å². The molecule has 0 aromatic heterocycles. The van der Waals surface area contributed by atoms with Gasteiger partial charge >= 0.3 is 0 Å². The summed E-state index contributed by atoms with van der Waals surface area (Å²) >= 11 is 0. The molecule has 0 unspecified atom stereocenters. The van der Waals surface area contributed by atoms with Crippen LogP contribution in [0.15, 0.2) is 0 Å². The van der Waals surface area contributed by atoms with Crippen molar-refractivity contribution in [1.82, 2.24) is 4.90 Å². The zero-order valence-electron chi connectivity index (χ0n) is 10.1. The van der Waals surface area contributed by atoms with Gasteiger partial charge in [-0.25, -0.2) is 0 Å². The molecule has 0 amide bonds. The molecule has 2 rings (SSSR count). The molecular formula is C13H26N2. The third kappa shape index (κ3) is 2.94. The second-order valence-corrected chi connectivity index (χ2v) is 5.45. The van der Waals surface area contributed by atoms with Gasteiger partial charge in [-0.2, -0.15) is 0 Å². The molecule has 2 nitrogen and oxygen atoms in total. The summed E-state index contributed by atoms with van der Waals surface area (Å²) in [5.41, 5.74) is 5.96. The lowest BCUT2D eigenvalue weighted by atomic mass is 9.83. The molecule has 2 aliphatic rings. The molecule has 88 valence electrons. The SMILES string of the molecule is CCN(CC1CCC1)C1CCC(N)CC1. The molecule has 2 saturated carbocycles. The van der Waals surface area contributed by atoms with Crippen molar-refractivity contribution >= 4 is 0 Å². The van der Waals surface area contributed by atoms with E-state index in [9.17, 15) is 0 Å². The van der Waals surface area contributed by atoms with Crippen molar-refractivity contribution < 1.29 is 0 Å². The van der Waals surface area contributed by atoms with E-state index in [0.29, 0.717) is 6.04 Å². The van der Waals surface area contributed by atoms with Crippen LogP contribution in [0.5, 0.6) is 0 Å². The molecule has 2 N–H and O–H groups in total. The second kappa shape index (κ2) is 5.31. The van der Waals surface area contributed by atoms with Crippen LogP contribution in [-0.2, 0) is 0 Å². The standard InChI is InChI=1S/C13H26N2/c1-2-15(10-11-4-3-5-11)13-8-6-12(14)7-9-13/h11-13H,2-10,14H2,1H3. The van der Waals surface area contributed by atoms with Crippen molar-refractivity contribution in [1.29, 1.82) is 0 Å². The summed E-state index contributed by atoms with van der Waals surface area (Å²) in [6.07, 6.45) is 9.57. The molecule has 2 heteroatoms. The summed E-state index contributed by atoms with van der Waals surface area (Å²) in [4.78, 5) is 2.72. The van der Waals surface area contributed by atoms with Crippen molar-refractivity contribution in [2.45, 2.75) is 64.0 Å². The number of rotatable bonds is 4. The van der Waals surface area contributed by atoms with Crippen LogP contribution in [0, 0.1) is 5.92 Å². The van der Waals surface area contributed by atoms with Crippen LogP contribution in [0.2, 0.25) is 0 Å². The summed E-state index contributed by atoms with van der Waals surface area (Å²) in [5, 5.41) is 0. The quantitative estimate of drug-likeness (QED) is 0.772. The molecule has 0 aromatic rings. The van der Waals surface area contributed by atoms with Crippen LogP contribution in [-0.4, -0.2) is 30.1 Å². The Morgan fingerprint density at radius 3 is 2.20 bits per heavy atom. The highest BCUT2D eigenvalue weighted by molar-refractivity contribution is 4.83. The highest BCUT2D eigenvalue weighted by atomic mass is 15.2. The van der Waals surface area contributed by atoms with Crippen LogP contribution in [0.4, 0.5) is 0 Å². The number of hydrogen-bond acceptors (Lipinski definition) is 2. The zero-order chi connectivity index (χ0) is 10.7. The minimum absolute atomic E-state index is 0.489. The molecular weight excluding hydrogens is 184 g/mol. The maximum atomic E-state index is 5.96. The molecule has 0 saturated heterocycles. The van der Waals surface area contributed by atoms with Gasteiger partial charge < -0.3 is 10.6 Å². The first-order chi connectivity index (χ1) is 7.29. The highest BCUT2D eigenvalue weighted by Crippen LogP contribution is 2.30. The fourth-order valence-corrected chi connectivity index (χ4v) is 3.01. The van der Waals surface area contributed by atoms with E-state index in [1.54, 1.807) is 0 Å². The van der Waals surface area contributed by atoms with Gasteiger partial charge in [0, 0.05) is 18.6 Å². The van der Waals surface area contributed by atoms with Crippen LogP contribution < -0.4 is 5.73 Å². The van der Waals surface area contributed by atoms with E-state index in [1.165, 1.54) is 58.0 Å². The molecule has 0 bridgehead atoms. The van der Waals surface area contributed by atoms with Gasteiger partial charge in [0.25, 0.3) is 0 Å². The lowest BCUT2D eigenvalue weighted by Crippen LogP contribution is -2.43. The fourth-order valence-electron chi connectivity index (χ4n) is 3.01. The topological polar surface area (TPSA) is 29.3 Å². The summed E-state index contributed by atoms with van der Waals surface area (Å²) in [7, 11) is 0. The van der Waals surface area contributed by atoms with Gasteiger partial charge in [-0.1, -0.05) is 13.3 Å². The summed E-state index contributed by atoms with van der Waals surface area (Å²) < 4.78 is 0. The molecule has 0 spiro atoms. The van der Waals surface area contributed by atoms with Gasteiger partial charge in [-0.3, -0.25) is 0 Å².